The van der Waals surface area contributed by atoms with E-state index >= 15 is 0 Å². The van der Waals surface area contributed by atoms with Crippen LogP contribution in [-0.4, -0.2) is 78.2 Å². The predicted molar refractivity (Wildman–Crippen MR) is 183 cm³/mol. The van der Waals surface area contributed by atoms with Crippen LogP contribution in [0.2, 0.25) is 5.02 Å². The van der Waals surface area contributed by atoms with E-state index in [4.69, 9.17) is 20.9 Å². The van der Waals surface area contributed by atoms with Crippen LogP contribution in [-0.2, 0) is 26.1 Å². The number of ether oxygens (including phenoxy) is 1. The van der Waals surface area contributed by atoms with Crippen molar-refractivity contribution in [2.75, 3.05) is 32.8 Å². The number of fused-ring (bicyclic) bond motifs is 2. The number of rotatable bonds is 9. The molecule has 1 unspecified atom stereocenters. The number of carbonyl (C=O) groups excluding carboxylic acids is 1. The number of nitrogens with one attached hydrogen (secondary N) is 2. The summed E-state index contributed by atoms with van der Waals surface area (Å²) in [6.07, 6.45) is 0.110. The van der Waals surface area contributed by atoms with Crippen molar-refractivity contribution in [2.24, 2.45) is 0 Å². The standard InChI is InChI=1S/C25H26ClN3O5.C10H8O3S/c26-19-7-5-17(6-8-19)23(31)28-25(24(32)33,9-10-29-11-13-34-14-12-29)16-18-15-22(30)27-21-4-2-1-3-20(18)21;11-14(12,13)10-6-5-8-3-1-2-4-9(8)7-10/h1-8,15H,9-14,16H2,(H,27,30)(H,28,31)(H,32,33);1-7H,(H,11,12,13). The minimum Gasteiger partial charge on any atom is -0.479 e. The molecule has 6 rings (SSSR count). The number of aromatic amines is 1. The maximum atomic E-state index is 13.1. The Morgan fingerprint density at radius 3 is 2.27 bits per heavy atom. The summed E-state index contributed by atoms with van der Waals surface area (Å²) >= 11 is 5.94. The maximum absolute atomic E-state index is 13.1. The smallest absolute Gasteiger partial charge is 0.329 e. The SMILES string of the molecule is O=C(NC(CCN1CCOCC1)(Cc1cc(=O)[nH]c2ccccc12)C(=O)O)c1ccc(Cl)cc1.O=S(=O)(O)c1ccc2ccccc2c1. The fourth-order valence-electron chi connectivity index (χ4n) is 5.57. The fraction of sp³-hybridized carbons (Fsp3) is 0.229. The molecule has 1 atom stereocenters. The summed E-state index contributed by atoms with van der Waals surface area (Å²) < 4.78 is 35.9. The molecule has 4 N–H and O–H groups in total. The van der Waals surface area contributed by atoms with E-state index in [0.717, 1.165) is 16.2 Å². The Kier molecular flexibility index (Phi) is 10.9. The van der Waals surface area contributed by atoms with Gasteiger partial charge in [-0.3, -0.25) is 19.0 Å². The van der Waals surface area contributed by atoms with Crippen LogP contribution in [0.4, 0.5) is 0 Å². The monoisotopic (exact) mass is 691 g/mol. The van der Waals surface area contributed by atoms with Gasteiger partial charge < -0.3 is 20.1 Å². The van der Waals surface area contributed by atoms with Crippen LogP contribution in [0.25, 0.3) is 21.7 Å². The summed E-state index contributed by atoms with van der Waals surface area (Å²) in [5, 5.41) is 16.2. The van der Waals surface area contributed by atoms with Gasteiger partial charge in [0.2, 0.25) is 5.56 Å². The normalized spacial score (nSPS) is 14.9. The van der Waals surface area contributed by atoms with Crippen LogP contribution < -0.4 is 10.9 Å². The van der Waals surface area contributed by atoms with Gasteiger partial charge in [-0.05, 0) is 65.2 Å². The number of carbonyl (C=O) groups is 2. The topological polar surface area (TPSA) is 166 Å². The molecule has 2 heterocycles. The molecule has 250 valence electrons. The van der Waals surface area contributed by atoms with Crippen molar-refractivity contribution in [3.8, 4) is 0 Å². The molecule has 0 aliphatic carbocycles. The minimum absolute atomic E-state index is 0.0452. The molecule has 1 fully saturated rings. The van der Waals surface area contributed by atoms with Crippen LogP contribution in [0.3, 0.4) is 0 Å². The van der Waals surface area contributed by atoms with Gasteiger partial charge in [-0.2, -0.15) is 8.42 Å². The van der Waals surface area contributed by atoms with Crippen LogP contribution in [0, 0.1) is 0 Å². The summed E-state index contributed by atoms with van der Waals surface area (Å²) in [5.74, 6) is -1.68. The van der Waals surface area contributed by atoms with Crippen LogP contribution in [0.1, 0.15) is 22.3 Å². The van der Waals surface area contributed by atoms with Gasteiger partial charge in [0.05, 0.1) is 18.1 Å². The van der Waals surface area contributed by atoms with Gasteiger partial charge in [0.1, 0.15) is 5.54 Å². The number of hydrogen-bond donors (Lipinski definition) is 4. The van der Waals surface area contributed by atoms with Gasteiger partial charge >= 0.3 is 5.97 Å². The quantitative estimate of drug-likeness (QED) is 0.159. The third-order valence-electron chi connectivity index (χ3n) is 8.17. The Bertz CT molecular complexity index is 2100. The van der Waals surface area contributed by atoms with Gasteiger partial charge in [-0.15, -0.1) is 0 Å². The van der Waals surface area contributed by atoms with Crippen LogP contribution in [0.5, 0.6) is 0 Å². The van der Waals surface area contributed by atoms with E-state index in [9.17, 15) is 27.9 Å². The molecule has 1 aromatic heterocycles. The number of morpholine rings is 1. The number of amides is 1. The van der Waals surface area contributed by atoms with Crippen LogP contribution in [0.15, 0.2) is 107 Å². The van der Waals surface area contributed by atoms with E-state index < -0.39 is 27.5 Å². The number of para-hydroxylation sites is 1. The molecule has 0 radical (unpaired) electrons. The molecular weight excluding hydrogens is 658 g/mol. The lowest BCUT2D eigenvalue weighted by Gasteiger charge is -2.34. The summed E-state index contributed by atoms with van der Waals surface area (Å²) in [6, 6.07) is 26.7. The Balaban J connectivity index is 0.000000267. The summed E-state index contributed by atoms with van der Waals surface area (Å²) in [5.41, 5.74) is -0.491. The molecule has 5 aromatic rings. The first kappa shape index (κ1) is 34.7. The number of hydrogen-bond acceptors (Lipinski definition) is 7. The van der Waals surface area contributed by atoms with E-state index in [1.54, 1.807) is 48.5 Å². The highest BCUT2D eigenvalue weighted by atomic mass is 35.5. The van der Waals surface area contributed by atoms with Gasteiger partial charge in [-0.1, -0.05) is 60.1 Å². The Labute approximate surface area is 281 Å². The lowest BCUT2D eigenvalue weighted by atomic mass is 9.85. The zero-order chi connectivity index (χ0) is 34.3. The number of carboxylic acid groups (broad SMARTS) is 1. The second-order valence-electron chi connectivity index (χ2n) is 11.4. The van der Waals surface area contributed by atoms with E-state index in [0.29, 0.717) is 54.5 Å². The number of nitrogens with zero attached hydrogens (tertiary/aromatic N) is 1. The maximum Gasteiger partial charge on any atom is 0.329 e. The largest absolute Gasteiger partial charge is 0.479 e. The molecule has 0 bridgehead atoms. The Hall–Kier alpha value is -4.59. The minimum atomic E-state index is -4.09. The molecule has 1 amide bonds. The third-order valence-corrected chi connectivity index (χ3v) is 9.28. The molecule has 1 saturated heterocycles. The average molecular weight is 692 g/mol. The first-order valence-electron chi connectivity index (χ1n) is 15.1. The van der Waals surface area contributed by atoms with Gasteiger partial charge in [0.25, 0.3) is 16.0 Å². The molecule has 1 aliphatic heterocycles. The molecule has 13 heteroatoms. The lowest BCUT2D eigenvalue weighted by Crippen LogP contribution is -2.58. The van der Waals surface area contributed by atoms with Crippen molar-refractivity contribution in [3.63, 3.8) is 0 Å². The summed E-state index contributed by atoms with van der Waals surface area (Å²) in [4.78, 5) is 43.0. The van der Waals surface area contributed by atoms with Crippen molar-refractivity contribution < 1.29 is 32.4 Å². The zero-order valence-electron chi connectivity index (χ0n) is 25.8. The van der Waals surface area contributed by atoms with Gasteiger partial charge in [-0.25, -0.2) is 4.79 Å². The highest BCUT2D eigenvalue weighted by Crippen LogP contribution is 2.25. The van der Waals surface area contributed by atoms with E-state index in [1.807, 2.05) is 30.3 Å². The second-order valence-corrected chi connectivity index (χ2v) is 13.3. The Morgan fingerprint density at radius 2 is 1.58 bits per heavy atom. The molecule has 1 aliphatic rings. The highest BCUT2D eigenvalue weighted by molar-refractivity contribution is 7.85. The summed E-state index contributed by atoms with van der Waals surface area (Å²) in [7, 11) is -4.09. The van der Waals surface area contributed by atoms with E-state index in [1.165, 1.54) is 18.2 Å². The number of halogens is 1. The van der Waals surface area contributed by atoms with Gasteiger partial charge in [0.15, 0.2) is 0 Å². The van der Waals surface area contributed by atoms with Crippen LogP contribution >= 0.6 is 11.6 Å². The molecule has 0 spiro atoms. The van der Waals surface area contributed by atoms with E-state index in [-0.39, 0.29) is 23.3 Å². The van der Waals surface area contributed by atoms with Crippen molar-refractivity contribution in [3.05, 3.63) is 124 Å². The number of aliphatic carboxylic acids is 1. The fourth-order valence-corrected chi connectivity index (χ4v) is 6.21. The van der Waals surface area contributed by atoms with E-state index in [2.05, 4.69) is 15.2 Å². The lowest BCUT2D eigenvalue weighted by molar-refractivity contribution is -0.145. The van der Waals surface area contributed by atoms with Crippen molar-refractivity contribution >= 4 is 55.3 Å². The molecule has 48 heavy (non-hydrogen) atoms. The number of carboxylic acids is 1. The Morgan fingerprint density at radius 1 is 0.917 bits per heavy atom. The van der Waals surface area contributed by atoms with Crippen molar-refractivity contribution in [1.82, 2.24) is 15.2 Å². The molecule has 11 nitrogen and oxygen atoms in total. The number of benzene rings is 4. The first-order valence-corrected chi connectivity index (χ1v) is 16.9. The number of pyridine rings is 1. The molecule has 0 saturated carbocycles. The van der Waals surface area contributed by atoms with Gasteiger partial charge in [0, 0.05) is 53.6 Å². The van der Waals surface area contributed by atoms with Crippen molar-refractivity contribution in [1.29, 1.82) is 0 Å². The molecular formula is C35H34ClN3O8S. The predicted octanol–water partition coefficient (Wildman–Crippen LogP) is 4.79. The average Bonchev–Trinajstić information content (AvgIpc) is 3.07. The third kappa shape index (κ3) is 8.65. The van der Waals surface area contributed by atoms with Crippen molar-refractivity contribution in [2.45, 2.75) is 23.3 Å². The first-order chi connectivity index (χ1) is 22.9. The summed E-state index contributed by atoms with van der Waals surface area (Å²) in [6.45, 7) is 2.99. The number of aromatic nitrogens is 1. The zero-order valence-corrected chi connectivity index (χ0v) is 27.3. The highest BCUT2D eigenvalue weighted by Gasteiger charge is 2.41. The number of H-pyrrole nitrogens is 1. The second kappa shape index (κ2) is 15.1. The molecule has 4 aromatic carbocycles.